The summed E-state index contributed by atoms with van der Waals surface area (Å²) in [7, 11) is 0. The van der Waals surface area contributed by atoms with Crippen molar-refractivity contribution in [3.8, 4) is 0 Å². The predicted molar refractivity (Wildman–Crippen MR) is 58.9 cm³/mol. The van der Waals surface area contributed by atoms with Crippen LogP contribution in [0.3, 0.4) is 0 Å². The van der Waals surface area contributed by atoms with Gasteiger partial charge in [-0.2, -0.15) is 4.98 Å². The molecule has 2 N–H and O–H groups in total. The first kappa shape index (κ1) is 11.5. The van der Waals surface area contributed by atoms with Crippen LogP contribution in [0.5, 0.6) is 0 Å². The highest BCUT2D eigenvalue weighted by Gasteiger charge is 2.18. The van der Waals surface area contributed by atoms with Gasteiger partial charge in [0.2, 0.25) is 5.89 Å². The van der Waals surface area contributed by atoms with Gasteiger partial charge in [-0.25, -0.2) is 0 Å². The maximum absolute atomic E-state index is 5.68. The number of rotatable bonds is 4. The normalized spacial score (nSPS) is 23.2. The summed E-state index contributed by atoms with van der Waals surface area (Å²) in [6, 6.07) is 0.0727. The summed E-state index contributed by atoms with van der Waals surface area (Å²) in [5.74, 6) is 1.95. The molecule has 0 aromatic carbocycles. The van der Waals surface area contributed by atoms with E-state index < -0.39 is 0 Å². The number of nitrogens with two attached hydrogens (primary N) is 1. The van der Waals surface area contributed by atoms with E-state index in [9.17, 15) is 0 Å². The van der Waals surface area contributed by atoms with Crippen molar-refractivity contribution in [2.45, 2.75) is 38.6 Å². The van der Waals surface area contributed by atoms with E-state index in [4.69, 9.17) is 15.0 Å². The van der Waals surface area contributed by atoms with Gasteiger partial charge >= 0.3 is 0 Å². The SMILES string of the molecule is CC(N)Cc1noc(CC2CCCOC2)n1. The van der Waals surface area contributed by atoms with Crippen LogP contribution in [0.1, 0.15) is 31.5 Å². The zero-order valence-corrected chi connectivity index (χ0v) is 9.69. The number of hydrogen-bond donors (Lipinski definition) is 1. The molecular weight excluding hydrogens is 206 g/mol. The third kappa shape index (κ3) is 3.28. The molecule has 2 unspecified atom stereocenters. The van der Waals surface area contributed by atoms with Crippen LogP contribution in [-0.4, -0.2) is 29.4 Å². The van der Waals surface area contributed by atoms with Crippen LogP contribution in [0.4, 0.5) is 0 Å². The standard InChI is InChI=1S/C11H19N3O2/c1-8(12)5-10-13-11(16-14-10)6-9-3-2-4-15-7-9/h8-9H,2-7,12H2,1H3. The van der Waals surface area contributed by atoms with Crippen LogP contribution >= 0.6 is 0 Å². The molecule has 0 saturated carbocycles. The summed E-state index contributed by atoms with van der Waals surface area (Å²) in [5.41, 5.74) is 5.68. The third-order valence-electron chi connectivity index (χ3n) is 2.73. The molecule has 5 nitrogen and oxygen atoms in total. The molecule has 0 aliphatic carbocycles. The van der Waals surface area contributed by atoms with Gasteiger partial charge in [0, 0.05) is 32.1 Å². The van der Waals surface area contributed by atoms with Crippen molar-refractivity contribution in [3.05, 3.63) is 11.7 Å². The van der Waals surface area contributed by atoms with Crippen molar-refractivity contribution in [1.82, 2.24) is 10.1 Å². The van der Waals surface area contributed by atoms with Crippen LogP contribution in [0.2, 0.25) is 0 Å². The van der Waals surface area contributed by atoms with Gasteiger partial charge in [-0.1, -0.05) is 5.16 Å². The first-order valence-corrected chi connectivity index (χ1v) is 5.89. The minimum Gasteiger partial charge on any atom is -0.381 e. The Bertz CT molecular complexity index is 319. The van der Waals surface area contributed by atoms with E-state index in [0.29, 0.717) is 24.1 Å². The summed E-state index contributed by atoms with van der Waals surface area (Å²) in [6.07, 6.45) is 3.81. The van der Waals surface area contributed by atoms with E-state index in [0.717, 1.165) is 26.1 Å². The summed E-state index contributed by atoms with van der Waals surface area (Å²) in [4.78, 5) is 4.33. The lowest BCUT2D eigenvalue weighted by atomic mass is 9.99. The van der Waals surface area contributed by atoms with Crippen molar-refractivity contribution in [1.29, 1.82) is 0 Å². The summed E-state index contributed by atoms with van der Waals surface area (Å²) < 4.78 is 10.6. The molecule has 1 aromatic heterocycles. The Hall–Kier alpha value is -0.940. The highest BCUT2D eigenvalue weighted by molar-refractivity contribution is 4.90. The maximum atomic E-state index is 5.68. The molecule has 1 aliphatic rings. The molecule has 0 radical (unpaired) electrons. The largest absolute Gasteiger partial charge is 0.381 e. The molecule has 90 valence electrons. The van der Waals surface area contributed by atoms with Gasteiger partial charge in [0.25, 0.3) is 0 Å². The van der Waals surface area contributed by atoms with Crippen molar-refractivity contribution in [2.24, 2.45) is 11.7 Å². The summed E-state index contributed by atoms with van der Waals surface area (Å²) >= 11 is 0. The second kappa shape index (κ2) is 5.41. The highest BCUT2D eigenvalue weighted by atomic mass is 16.5. The topological polar surface area (TPSA) is 74.2 Å². The second-order valence-corrected chi connectivity index (χ2v) is 4.57. The molecule has 1 saturated heterocycles. The van der Waals surface area contributed by atoms with Crippen LogP contribution in [-0.2, 0) is 17.6 Å². The molecule has 1 fully saturated rings. The van der Waals surface area contributed by atoms with E-state index in [-0.39, 0.29) is 6.04 Å². The van der Waals surface area contributed by atoms with E-state index in [2.05, 4.69) is 10.1 Å². The molecule has 2 atom stereocenters. The van der Waals surface area contributed by atoms with Crippen molar-refractivity contribution < 1.29 is 9.26 Å². The van der Waals surface area contributed by atoms with Crippen LogP contribution in [0, 0.1) is 5.92 Å². The molecule has 2 rings (SSSR count). The first-order chi connectivity index (χ1) is 7.74. The van der Waals surface area contributed by atoms with E-state index in [1.54, 1.807) is 0 Å². The number of ether oxygens (including phenoxy) is 1. The first-order valence-electron chi connectivity index (χ1n) is 5.89. The van der Waals surface area contributed by atoms with Crippen molar-refractivity contribution >= 4 is 0 Å². The average Bonchev–Trinajstić information content (AvgIpc) is 2.66. The van der Waals surface area contributed by atoms with Crippen molar-refractivity contribution in [3.63, 3.8) is 0 Å². The lowest BCUT2D eigenvalue weighted by Crippen LogP contribution is -2.20. The molecular formula is C11H19N3O2. The quantitative estimate of drug-likeness (QED) is 0.825. The molecule has 2 heterocycles. The average molecular weight is 225 g/mol. The molecule has 0 bridgehead atoms. The van der Waals surface area contributed by atoms with E-state index in [1.165, 1.54) is 6.42 Å². The molecule has 5 heteroatoms. The van der Waals surface area contributed by atoms with Gasteiger partial charge in [-0.3, -0.25) is 0 Å². The molecule has 0 spiro atoms. The van der Waals surface area contributed by atoms with Crippen LogP contribution < -0.4 is 5.73 Å². The lowest BCUT2D eigenvalue weighted by Gasteiger charge is -2.20. The molecule has 1 aromatic rings. The Morgan fingerprint density at radius 1 is 1.56 bits per heavy atom. The fourth-order valence-electron chi connectivity index (χ4n) is 1.96. The minimum absolute atomic E-state index is 0.0727. The highest BCUT2D eigenvalue weighted by Crippen LogP contribution is 2.17. The second-order valence-electron chi connectivity index (χ2n) is 4.57. The van der Waals surface area contributed by atoms with Gasteiger partial charge in [-0.15, -0.1) is 0 Å². The maximum Gasteiger partial charge on any atom is 0.227 e. The van der Waals surface area contributed by atoms with Crippen LogP contribution in [0.15, 0.2) is 4.52 Å². The van der Waals surface area contributed by atoms with Gasteiger partial charge < -0.3 is 15.0 Å². The van der Waals surface area contributed by atoms with Gasteiger partial charge in [0.05, 0.1) is 0 Å². The monoisotopic (exact) mass is 225 g/mol. The number of hydrogen-bond acceptors (Lipinski definition) is 5. The van der Waals surface area contributed by atoms with Gasteiger partial charge in [-0.05, 0) is 25.7 Å². The summed E-state index contributed by atoms with van der Waals surface area (Å²) in [5, 5.41) is 3.91. The summed E-state index contributed by atoms with van der Waals surface area (Å²) in [6.45, 7) is 3.63. The molecule has 1 aliphatic heterocycles. The zero-order valence-electron chi connectivity index (χ0n) is 9.69. The molecule has 16 heavy (non-hydrogen) atoms. The van der Waals surface area contributed by atoms with Crippen LogP contribution in [0.25, 0.3) is 0 Å². The van der Waals surface area contributed by atoms with Crippen molar-refractivity contribution in [2.75, 3.05) is 13.2 Å². The fourth-order valence-corrected chi connectivity index (χ4v) is 1.96. The Kier molecular flexibility index (Phi) is 3.90. The number of nitrogens with zero attached hydrogens (tertiary/aromatic N) is 2. The Morgan fingerprint density at radius 2 is 2.44 bits per heavy atom. The fraction of sp³-hybridized carbons (Fsp3) is 0.818. The Balaban J connectivity index is 1.86. The van der Waals surface area contributed by atoms with Gasteiger partial charge in [0.1, 0.15) is 0 Å². The zero-order chi connectivity index (χ0) is 11.4. The van der Waals surface area contributed by atoms with Gasteiger partial charge in [0.15, 0.2) is 5.82 Å². The Labute approximate surface area is 95.3 Å². The minimum atomic E-state index is 0.0727. The van der Waals surface area contributed by atoms with E-state index in [1.807, 2.05) is 6.92 Å². The number of aromatic nitrogens is 2. The third-order valence-corrected chi connectivity index (χ3v) is 2.73. The smallest absolute Gasteiger partial charge is 0.227 e. The van der Waals surface area contributed by atoms with E-state index >= 15 is 0 Å². The Morgan fingerprint density at radius 3 is 3.12 bits per heavy atom. The predicted octanol–water partition coefficient (Wildman–Crippen LogP) is 0.928. The molecule has 0 amide bonds. The lowest BCUT2D eigenvalue weighted by molar-refractivity contribution is 0.0520.